The summed E-state index contributed by atoms with van der Waals surface area (Å²) in [6.45, 7) is 1.09. The Kier molecular flexibility index (Phi) is 5.31. The van der Waals surface area contributed by atoms with E-state index >= 15 is 0 Å². The average molecular weight is 477 g/mol. The summed E-state index contributed by atoms with van der Waals surface area (Å²) in [5, 5.41) is 4.48. The summed E-state index contributed by atoms with van der Waals surface area (Å²) in [7, 11) is 0. The quantitative estimate of drug-likeness (QED) is 0.524. The standard InChI is InChI=1S/C22H22Cl2N4O4/c23-14-3-12(4-15(24)6-14)10-31-21(30)28-9-13-5-17(8-22(13,25)11-28)26-16-1-2-18-19(7-16)32-20(29)27-18/h1-4,6-7,13,17,26H,5,8-11,25H2,(H,27,29)/t13-,17+,22-/m0/s1. The number of nitrogens with one attached hydrogen (secondary N) is 2. The highest BCUT2D eigenvalue weighted by Crippen LogP contribution is 2.41. The first kappa shape index (κ1) is 21.2. The number of nitrogens with two attached hydrogens (primary N) is 1. The molecule has 4 N–H and O–H groups in total. The number of anilines is 1. The van der Waals surface area contributed by atoms with Crippen molar-refractivity contribution in [2.45, 2.75) is 31.0 Å². The molecule has 2 heterocycles. The number of halogens is 2. The Labute approximate surface area is 193 Å². The molecule has 0 bridgehead atoms. The molecule has 32 heavy (non-hydrogen) atoms. The molecule has 3 aromatic rings. The fourth-order valence-corrected chi connectivity index (χ4v) is 5.44. The SMILES string of the molecule is N[C@]12C[C@H](Nc3ccc4[nH]c(=O)oc4c3)C[C@H]1CN(C(=O)OCc1cc(Cl)cc(Cl)c1)C2. The first-order valence-corrected chi connectivity index (χ1v) is 11.1. The molecule has 0 spiro atoms. The van der Waals surface area contributed by atoms with Crippen LogP contribution in [0.3, 0.4) is 0 Å². The van der Waals surface area contributed by atoms with Crippen molar-refractivity contribution in [3.8, 4) is 0 Å². The van der Waals surface area contributed by atoms with Crippen molar-refractivity contribution in [2.24, 2.45) is 11.7 Å². The van der Waals surface area contributed by atoms with E-state index in [-0.39, 0.29) is 18.6 Å². The van der Waals surface area contributed by atoms with E-state index in [1.807, 2.05) is 6.07 Å². The zero-order valence-corrected chi connectivity index (χ0v) is 18.6. The number of carbonyl (C=O) groups excluding carboxylic acids is 1. The fourth-order valence-electron chi connectivity index (χ4n) is 4.87. The largest absolute Gasteiger partial charge is 0.445 e. The van der Waals surface area contributed by atoms with Crippen LogP contribution in [-0.2, 0) is 11.3 Å². The van der Waals surface area contributed by atoms with E-state index in [9.17, 15) is 9.59 Å². The molecule has 1 aliphatic heterocycles. The van der Waals surface area contributed by atoms with E-state index in [0.717, 1.165) is 24.1 Å². The lowest BCUT2D eigenvalue weighted by Gasteiger charge is -2.24. The van der Waals surface area contributed by atoms with Crippen LogP contribution < -0.4 is 16.8 Å². The molecule has 168 valence electrons. The van der Waals surface area contributed by atoms with Crippen LogP contribution in [0.5, 0.6) is 0 Å². The number of amides is 1. The molecule has 1 aliphatic carbocycles. The van der Waals surface area contributed by atoms with Gasteiger partial charge in [0.15, 0.2) is 5.58 Å². The number of ether oxygens (including phenoxy) is 1. The van der Waals surface area contributed by atoms with Crippen LogP contribution in [0.25, 0.3) is 11.1 Å². The number of oxazole rings is 1. The Morgan fingerprint density at radius 2 is 2.06 bits per heavy atom. The zero-order valence-electron chi connectivity index (χ0n) is 17.1. The van der Waals surface area contributed by atoms with Gasteiger partial charge in [-0.1, -0.05) is 23.2 Å². The Morgan fingerprint density at radius 1 is 1.28 bits per heavy atom. The molecule has 0 unspecified atom stereocenters. The Bertz CT molecular complexity index is 1220. The Morgan fingerprint density at radius 3 is 2.81 bits per heavy atom. The highest BCUT2D eigenvalue weighted by atomic mass is 35.5. The summed E-state index contributed by atoms with van der Waals surface area (Å²) in [5.74, 6) is -0.305. The minimum absolute atomic E-state index is 0.0970. The van der Waals surface area contributed by atoms with Gasteiger partial charge in [-0.25, -0.2) is 9.59 Å². The van der Waals surface area contributed by atoms with Crippen molar-refractivity contribution in [1.82, 2.24) is 9.88 Å². The van der Waals surface area contributed by atoms with Crippen molar-refractivity contribution in [2.75, 3.05) is 18.4 Å². The molecular formula is C22H22Cl2N4O4. The van der Waals surface area contributed by atoms with Gasteiger partial charge in [0, 0.05) is 46.5 Å². The topological polar surface area (TPSA) is 114 Å². The van der Waals surface area contributed by atoms with Gasteiger partial charge in [0.2, 0.25) is 0 Å². The number of benzene rings is 2. The fraction of sp³-hybridized carbons (Fsp3) is 0.364. The third kappa shape index (κ3) is 4.18. The predicted molar refractivity (Wildman–Crippen MR) is 122 cm³/mol. The molecule has 1 saturated carbocycles. The first-order chi connectivity index (χ1) is 15.3. The molecule has 0 radical (unpaired) electrons. The highest BCUT2D eigenvalue weighted by Gasteiger charge is 2.52. The molecule has 3 atom stereocenters. The van der Waals surface area contributed by atoms with Crippen LogP contribution in [0.15, 0.2) is 45.6 Å². The monoisotopic (exact) mass is 476 g/mol. The summed E-state index contributed by atoms with van der Waals surface area (Å²) in [6, 6.07) is 10.7. The van der Waals surface area contributed by atoms with Gasteiger partial charge in [0.1, 0.15) is 6.61 Å². The van der Waals surface area contributed by atoms with Gasteiger partial charge in [-0.3, -0.25) is 4.98 Å². The van der Waals surface area contributed by atoms with Crippen LogP contribution >= 0.6 is 23.2 Å². The third-order valence-corrected chi connectivity index (χ3v) is 6.71. The summed E-state index contributed by atoms with van der Waals surface area (Å²) in [6.07, 6.45) is 1.16. The van der Waals surface area contributed by atoms with E-state index in [1.54, 1.807) is 35.2 Å². The first-order valence-electron chi connectivity index (χ1n) is 10.3. The van der Waals surface area contributed by atoms with Crippen LogP contribution in [0.2, 0.25) is 10.0 Å². The summed E-state index contributed by atoms with van der Waals surface area (Å²) in [4.78, 5) is 28.2. The molecule has 1 saturated heterocycles. The average Bonchev–Trinajstić information content (AvgIpc) is 3.33. The van der Waals surface area contributed by atoms with Gasteiger partial charge >= 0.3 is 11.8 Å². The van der Waals surface area contributed by atoms with E-state index in [1.165, 1.54) is 0 Å². The van der Waals surface area contributed by atoms with Gasteiger partial charge in [-0.2, -0.15) is 0 Å². The van der Waals surface area contributed by atoms with Crippen LogP contribution in [0.1, 0.15) is 18.4 Å². The second kappa shape index (κ2) is 8.03. The minimum atomic E-state index is -0.473. The van der Waals surface area contributed by atoms with Crippen molar-refractivity contribution >= 4 is 46.1 Å². The molecule has 2 fully saturated rings. The summed E-state index contributed by atoms with van der Waals surface area (Å²) < 4.78 is 10.6. The maximum absolute atomic E-state index is 12.6. The summed E-state index contributed by atoms with van der Waals surface area (Å²) in [5.41, 5.74) is 8.99. The molecular weight excluding hydrogens is 455 g/mol. The number of nitrogens with zero attached hydrogens (tertiary/aromatic N) is 1. The van der Waals surface area contributed by atoms with Gasteiger partial charge in [0.25, 0.3) is 0 Å². The van der Waals surface area contributed by atoms with Crippen molar-refractivity contribution < 1.29 is 13.9 Å². The lowest BCUT2D eigenvalue weighted by Crippen LogP contribution is -2.46. The molecule has 1 amide bonds. The van der Waals surface area contributed by atoms with E-state index in [4.69, 9.17) is 38.1 Å². The number of H-pyrrole nitrogens is 1. The summed E-state index contributed by atoms with van der Waals surface area (Å²) >= 11 is 12.0. The van der Waals surface area contributed by atoms with E-state index in [2.05, 4.69) is 10.3 Å². The molecule has 2 aliphatic rings. The van der Waals surface area contributed by atoms with Gasteiger partial charge in [0.05, 0.1) is 5.52 Å². The second-order valence-electron chi connectivity index (χ2n) is 8.65. The third-order valence-electron chi connectivity index (χ3n) is 6.27. The number of aromatic nitrogens is 1. The lowest BCUT2D eigenvalue weighted by molar-refractivity contribution is 0.101. The number of rotatable bonds is 4. The Hall–Kier alpha value is -2.68. The smallest absolute Gasteiger partial charge is 0.417 e. The van der Waals surface area contributed by atoms with E-state index < -0.39 is 17.4 Å². The maximum Gasteiger partial charge on any atom is 0.417 e. The van der Waals surface area contributed by atoms with Gasteiger partial charge in [-0.15, -0.1) is 0 Å². The van der Waals surface area contributed by atoms with Crippen molar-refractivity contribution in [3.63, 3.8) is 0 Å². The molecule has 5 rings (SSSR count). The number of carbonyl (C=O) groups is 1. The lowest BCUT2D eigenvalue weighted by atomic mass is 9.92. The second-order valence-corrected chi connectivity index (χ2v) is 9.52. The number of fused-ring (bicyclic) bond motifs is 2. The zero-order chi connectivity index (χ0) is 22.5. The number of likely N-dealkylation sites (tertiary alicyclic amines) is 1. The predicted octanol–water partition coefficient (Wildman–Crippen LogP) is 3.97. The van der Waals surface area contributed by atoms with Gasteiger partial charge < -0.3 is 25.1 Å². The molecule has 2 aromatic carbocycles. The Balaban J connectivity index is 1.18. The van der Waals surface area contributed by atoms with Crippen LogP contribution in [0, 0.1) is 5.92 Å². The molecule has 8 nitrogen and oxygen atoms in total. The van der Waals surface area contributed by atoms with Crippen LogP contribution in [0.4, 0.5) is 10.5 Å². The van der Waals surface area contributed by atoms with Crippen LogP contribution in [-0.4, -0.2) is 40.6 Å². The molecule has 1 aromatic heterocycles. The highest BCUT2D eigenvalue weighted by molar-refractivity contribution is 6.34. The van der Waals surface area contributed by atoms with Crippen molar-refractivity contribution in [1.29, 1.82) is 0 Å². The maximum atomic E-state index is 12.6. The number of aromatic amines is 1. The van der Waals surface area contributed by atoms with E-state index in [0.29, 0.717) is 34.2 Å². The normalized spacial score (nSPS) is 24.7. The minimum Gasteiger partial charge on any atom is -0.445 e. The van der Waals surface area contributed by atoms with Gasteiger partial charge in [-0.05, 0) is 54.7 Å². The van der Waals surface area contributed by atoms with Crippen molar-refractivity contribution in [3.05, 3.63) is 62.6 Å². The number of hydrogen-bond donors (Lipinski definition) is 3. The molecule has 10 heteroatoms. The number of hydrogen-bond acceptors (Lipinski definition) is 6.